The first kappa shape index (κ1) is 16.8. The van der Waals surface area contributed by atoms with E-state index in [9.17, 15) is 9.65 Å². The van der Waals surface area contributed by atoms with Crippen LogP contribution >= 0.6 is 0 Å². The molecule has 1 fully saturated rings. The van der Waals surface area contributed by atoms with Crippen LogP contribution in [0.15, 0.2) is 24.4 Å². The molecule has 6 heteroatoms. The van der Waals surface area contributed by atoms with E-state index in [4.69, 9.17) is 4.98 Å². The summed E-state index contributed by atoms with van der Waals surface area (Å²) in [6.07, 6.45) is 5.64. The van der Waals surface area contributed by atoms with Crippen molar-refractivity contribution in [3.05, 3.63) is 47.0 Å². The molecule has 2 aliphatic rings. The predicted molar refractivity (Wildman–Crippen MR) is 98.8 cm³/mol. The zero-order chi connectivity index (χ0) is 18.1. The van der Waals surface area contributed by atoms with E-state index < -0.39 is 0 Å². The Morgan fingerprint density at radius 2 is 2.08 bits per heavy atom. The SMILES string of the molecule is CC1CN(c2nc3c(cc2C#N)CCCC3)CCN1c1ccc(F)cn1. The summed E-state index contributed by atoms with van der Waals surface area (Å²) in [5.41, 5.74) is 3.06. The van der Waals surface area contributed by atoms with Gasteiger partial charge in [0.15, 0.2) is 0 Å². The van der Waals surface area contributed by atoms with Gasteiger partial charge in [0.2, 0.25) is 0 Å². The van der Waals surface area contributed by atoms with E-state index in [1.54, 1.807) is 6.07 Å². The summed E-state index contributed by atoms with van der Waals surface area (Å²) >= 11 is 0. The molecule has 1 aliphatic carbocycles. The number of piperazine rings is 1. The maximum Gasteiger partial charge on any atom is 0.146 e. The minimum atomic E-state index is -0.322. The van der Waals surface area contributed by atoms with E-state index in [-0.39, 0.29) is 11.9 Å². The Bertz CT molecular complexity index is 843. The average molecular weight is 351 g/mol. The summed E-state index contributed by atoms with van der Waals surface area (Å²) in [5, 5.41) is 9.60. The molecule has 1 atom stereocenters. The van der Waals surface area contributed by atoms with Crippen LogP contribution in [0.4, 0.5) is 16.0 Å². The second-order valence-electron chi connectivity index (χ2n) is 7.11. The fraction of sp³-hybridized carbons (Fsp3) is 0.450. The summed E-state index contributed by atoms with van der Waals surface area (Å²) in [5.74, 6) is 1.28. The van der Waals surface area contributed by atoms with Crippen molar-refractivity contribution in [3.8, 4) is 6.07 Å². The van der Waals surface area contributed by atoms with Gasteiger partial charge in [-0.2, -0.15) is 5.26 Å². The topological polar surface area (TPSA) is 56.1 Å². The third-order valence-electron chi connectivity index (χ3n) is 5.33. The fourth-order valence-corrected chi connectivity index (χ4v) is 3.97. The zero-order valence-electron chi connectivity index (χ0n) is 15.0. The maximum atomic E-state index is 13.1. The molecule has 4 rings (SSSR count). The van der Waals surface area contributed by atoms with Gasteiger partial charge in [-0.3, -0.25) is 0 Å². The standard InChI is InChI=1S/C20H22FN5/c1-14-13-25(8-9-26(14)19-7-6-17(21)12-23-19)20-16(11-22)10-15-4-2-3-5-18(15)24-20/h6-7,10,12,14H,2-5,8-9,13H2,1H3. The van der Waals surface area contributed by atoms with Crippen LogP contribution in [0.1, 0.15) is 36.6 Å². The number of hydrogen-bond acceptors (Lipinski definition) is 5. The van der Waals surface area contributed by atoms with Gasteiger partial charge in [0.1, 0.15) is 23.5 Å². The molecule has 2 aromatic rings. The van der Waals surface area contributed by atoms with E-state index in [0.29, 0.717) is 5.56 Å². The molecule has 134 valence electrons. The molecular weight excluding hydrogens is 329 g/mol. The van der Waals surface area contributed by atoms with Gasteiger partial charge in [0, 0.05) is 31.4 Å². The van der Waals surface area contributed by atoms with Crippen LogP contribution in [-0.4, -0.2) is 35.6 Å². The van der Waals surface area contributed by atoms with Gasteiger partial charge >= 0.3 is 0 Å². The third-order valence-corrected chi connectivity index (χ3v) is 5.33. The van der Waals surface area contributed by atoms with Gasteiger partial charge in [-0.1, -0.05) is 0 Å². The summed E-state index contributed by atoms with van der Waals surface area (Å²) in [6.45, 7) is 4.43. The van der Waals surface area contributed by atoms with E-state index in [0.717, 1.165) is 49.8 Å². The molecule has 0 aromatic carbocycles. The van der Waals surface area contributed by atoms with Crippen LogP contribution in [0.25, 0.3) is 0 Å². The van der Waals surface area contributed by atoms with Crippen molar-refractivity contribution in [2.45, 2.75) is 38.6 Å². The molecule has 0 bridgehead atoms. The lowest BCUT2D eigenvalue weighted by Gasteiger charge is -2.41. The van der Waals surface area contributed by atoms with Crippen molar-refractivity contribution in [2.24, 2.45) is 0 Å². The molecule has 0 N–H and O–H groups in total. The predicted octanol–water partition coefficient (Wildman–Crippen LogP) is 3.08. The second-order valence-corrected chi connectivity index (χ2v) is 7.11. The third kappa shape index (κ3) is 3.10. The molecular formula is C20H22FN5. The van der Waals surface area contributed by atoms with Crippen LogP contribution in [0.2, 0.25) is 0 Å². The normalized spacial score (nSPS) is 19.8. The number of nitrogens with zero attached hydrogens (tertiary/aromatic N) is 5. The Hall–Kier alpha value is -2.68. The lowest BCUT2D eigenvalue weighted by atomic mass is 9.94. The number of pyridine rings is 2. The van der Waals surface area contributed by atoms with Crippen LogP contribution in [0.5, 0.6) is 0 Å². The molecule has 0 saturated carbocycles. The highest BCUT2D eigenvalue weighted by atomic mass is 19.1. The number of aromatic nitrogens is 2. The largest absolute Gasteiger partial charge is 0.352 e. The number of nitriles is 1. The first-order valence-electron chi connectivity index (χ1n) is 9.22. The molecule has 5 nitrogen and oxygen atoms in total. The molecule has 0 radical (unpaired) electrons. The highest BCUT2D eigenvalue weighted by Gasteiger charge is 2.28. The van der Waals surface area contributed by atoms with Crippen molar-refractivity contribution in [1.29, 1.82) is 5.26 Å². The van der Waals surface area contributed by atoms with Gasteiger partial charge in [0.25, 0.3) is 0 Å². The summed E-state index contributed by atoms with van der Waals surface area (Å²) in [7, 11) is 0. The lowest BCUT2D eigenvalue weighted by molar-refractivity contribution is 0.539. The average Bonchev–Trinajstić information content (AvgIpc) is 2.67. The first-order chi connectivity index (χ1) is 12.7. The number of halogens is 1. The van der Waals surface area contributed by atoms with Crippen molar-refractivity contribution >= 4 is 11.6 Å². The van der Waals surface area contributed by atoms with Crippen LogP contribution in [0, 0.1) is 17.1 Å². The van der Waals surface area contributed by atoms with Crippen LogP contribution in [-0.2, 0) is 12.8 Å². The van der Waals surface area contributed by atoms with Crippen LogP contribution in [0.3, 0.4) is 0 Å². The second kappa shape index (κ2) is 6.91. The number of hydrogen-bond donors (Lipinski definition) is 0. The first-order valence-corrected chi connectivity index (χ1v) is 9.22. The Morgan fingerprint density at radius 3 is 2.81 bits per heavy atom. The van der Waals surface area contributed by atoms with Crippen molar-refractivity contribution in [2.75, 3.05) is 29.4 Å². The number of fused-ring (bicyclic) bond motifs is 1. The fourth-order valence-electron chi connectivity index (χ4n) is 3.97. The highest BCUT2D eigenvalue weighted by molar-refractivity contribution is 5.58. The van der Waals surface area contributed by atoms with Crippen molar-refractivity contribution in [3.63, 3.8) is 0 Å². The Morgan fingerprint density at radius 1 is 1.23 bits per heavy atom. The Labute approximate surface area is 153 Å². The minimum Gasteiger partial charge on any atom is -0.352 e. The van der Waals surface area contributed by atoms with E-state index >= 15 is 0 Å². The summed E-state index contributed by atoms with van der Waals surface area (Å²) in [6, 6.07) is 7.74. The Kier molecular flexibility index (Phi) is 4.46. The quantitative estimate of drug-likeness (QED) is 0.832. The van der Waals surface area contributed by atoms with E-state index in [1.165, 1.54) is 30.7 Å². The number of aryl methyl sites for hydroxylation is 2. The van der Waals surface area contributed by atoms with Gasteiger partial charge < -0.3 is 9.80 Å². The van der Waals surface area contributed by atoms with Crippen molar-refractivity contribution in [1.82, 2.24) is 9.97 Å². The van der Waals surface area contributed by atoms with Gasteiger partial charge in [-0.05, 0) is 56.4 Å². The van der Waals surface area contributed by atoms with Gasteiger partial charge in [0.05, 0.1) is 11.8 Å². The van der Waals surface area contributed by atoms with Crippen molar-refractivity contribution < 1.29 is 4.39 Å². The lowest BCUT2D eigenvalue weighted by Crippen LogP contribution is -2.53. The molecule has 0 amide bonds. The molecule has 1 aliphatic heterocycles. The zero-order valence-corrected chi connectivity index (χ0v) is 15.0. The van der Waals surface area contributed by atoms with Gasteiger partial charge in [-0.15, -0.1) is 0 Å². The number of rotatable bonds is 2. The molecule has 1 saturated heterocycles. The monoisotopic (exact) mass is 351 g/mol. The van der Waals surface area contributed by atoms with E-state index in [1.807, 2.05) is 6.07 Å². The maximum absolute atomic E-state index is 13.1. The molecule has 26 heavy (non-hydrogen) atoms. The molecule has 0 spiro atoms. The summed E-state index contributed by atoms with van der Waals surface area (Å²) in [4.78, 5) is 13.5. The molecule has 2 aromatic heterocycles. The minimum absolute atomic E-state index is 0.200. The highest BCUT2D eigenvalue weighted by Crippen LogP contribution is 2.28. The molecule has 1 unspecified atom stereocenters. The molecule has 3 heterocycles. The van der Waals surface area contributed by atoms with E-state index in [2.05, 4.69) is 27.8 Å². The van der Waals surface area contributed by atoms with Crippen LogP contribution < -0.4 is 9.80 Å². The van der Waals surface area contributed by atoms with Gasteiger partial charge in [-0.25, -0.2) is 14.4 Å². The smallest absolute Gasteiger partial charge is 0.146 e. The summed E-state index contributed by atoms with van der Waals surface area (Å²) < 4.78 is 13.1. The Balaban J connectivity index is 1.57. The number of anilines is 2.